The molecule has 0 aromatic heterocycles. The lowest BCUT2D eigenvalue weighted by Crippen LogP contribution is -2.21. The molecule has 0 fully saturated rings. The zero-order chi connectivity index (χ0) is 11.5. The second-order valence-corrected chi connectivity index (χ2v) is 2.93. The standard InChI is InChI=1S/C9H11F3N2O/c1-15-8-4-6(13)2-3-7(8)14-5-9(10,11)12/h2-4,14H,5,13H2,1H3. The zero-order valence-electron chi connectivity index (χ0n) is 8.06. The average molecular weight is 220 g/mol. The van der Waals surface area contributed by atoms with E-state index in [0.29, 0.717) is 11.4 Å². The third-order valence-electron chi connectivity index (χ3n) is 1.70. The Bertz CT molecular complexity index is 339. The molecular formula is C9H11F3N2O. The summed E-state index contributed by atoms with van der Waals surface area (Å²) >= 11 is 0. The van der Waals surface area contributed by atoms with E-state index in [0.717, 1.165) is 0 Å². The van der Waals surface area contributed by atoms with Gasteiger partial charge in [0.2, 0.25) is 0 Å². The lowest BCUT2D eigenvalue weighted by molar-refractivity contribution is -0.115. The summed E-state index contributed by atoms with van der Waals surface area (Å²) in [6.07, 6.45) is -4.26. The van der Waals surface area contributed by atoms with Gasteiger partial charge in [-0.1, -0.05) is 0 Å². The molecule has 0 unspecified atom stereocenters. The van der Waals surface area contributed by atoms with Crippen LogP contribution in [0.15, 0.2) is 18.2 Å². The van der Waals surface area contributed by atoms with E-state index in [1.165, 1.54) is 25.3 Å². The molecule has 3 N–H and O–H groups in total. The van der Waals surface area contributed by atoms with Gasteiger partial charge in [0.25, 0.3) is 0 Å². The molecule has 1 rings (SSSR count). The predicted molar refractivity (Wildman–Crippen MR) is 52.0 cm³/mol. The normalized spacial score (nSPS) is 11.2. The lowest BCUT2D eigenvalue weighted by atomic mass is 10.2. The van der Waals surface area contributed by atoms with Crippen LogP contribution in [0.3, 0.4) is 0 Å². The van der Waals surface area contributed by atoms with Gasteiger partial charge in [-0.05, 0) is 12.1 Å². The summed E-state index contributed by atoms with van der Waals surface area (Å²) in [7, 11) is 1.37. The highest BCUT2D eigenvalue weighted by Crippen LogP contribution is 2.27. The van der Waals surface area contributed by atoms with Crippen molar-refractivity contribution in [1.82, 2.24) is 0 Å². The first-order valence-corrected chi connectivity index (χ1v) is 4.16. The highest BCUT2D eigenvalue weighted by atomic mass is 19.4. The van der Waals surface area contributed by atoms with Crippen molar-refractivity contribution in [2.24, 2.45) is 0 Å². The fourth-order valence-electron chi connectivity index (χ4n) is 1.05. The number of rotatable bonds is 3. The van der Waals surface area contributed by atoms with Gasteiger partial charge < -0.3 is 15.8 Å². The first-order valence-electron chi connectivity index (χ1n) is 4.16. The van der Waals surface area contributed by atoms with E-state index in [4.69, 9.17) is 10.5 Å². The number of benzene rings is 1. The maximum atomic E-state index is 11.9. The van der Waals surface area contributed by atoms with Crippen LogP contribution in [0, 0.1) is 0 Å². The van der Waals surface area contributed by atoms with E-state index in [9.17, 15) is 13.2 Å². The van der Waals surface area contributed by atoms with E-state index in [-0.39, 0.29) is 5.69 Å². The van der Waals surface area contributed by atoms with Gasteiger partial charge in [-0.15, -0.1) is 0 Å². The molecule has 0 radical (unpaired) electrons. The molecule has 0 heterocycles. The molecule has 3 nitrogen and oxygen atoms in total. The quantitative estimate of drug-likeness (QED) is 0.768. The Balaban J connectivity index is 2.76. The van der Waals surface area contributed by atoms with Crippen LogP contribution in [0.4, 0.5) is 24.5 Å². The van der Waals surface area contributed by atoms with Gasteiger partial charge in [0.15, 0.2) is 0 Å². The third kappa shape index (κ3) is 3.57. The monoisotopic (exact) mass is 220 g/mol. The van der Waals surface area contributed by atoms with Crippen molar-refractivity contribution in [3.63, 3.8) is 0 Å². The Hall–Kier alpha value is -1.59. The Morgan fingerprint density at radius 2 is 2.07 bits per heavy atom. The first-order chi connectivity index (χ1) is 6.92. The van der Waals surface area contributed by atoms with Crippen molar-refractivity contribution in [2.75, 3.05) is 24.7 Å². The molecule has 0 aliphatic rings. The molecule has 1 aromatic rings. The maximum Gasteiger partial charge on any atom is 0.405 e. The SMILES string of the molecule is COc1cc(N)ccc1NCC(F)(F)F. The highest BCUT2D eigenvalue weighted by molar-refractivity contribution is 5.62. The van der Waals surface area contributed by atoms with Crippen molar-refractivity contribution < 1.29 is 17.9 Å². The second-order valence-electron chi connectivity index (χ2n) is 2.93. The van der Waals surface area contributed by atoms with Gasteiger partial charge in [0.05, 0.1) is 12.8 Å². The van der Waals surface area contributed by atoms with Crippen LogP contribution >= 0.6 is 0 Å². The number of alkyl halides is 3. The minimum atomic E-state index is -4.26. The van der Waals surface area contributed by atoms with E-state index in [2.05, 4.69) is 5.32 Å². The summed E-state index contributed by atoms with van der Waals surface area (Å²) in [5.41, 5.74) is 6.16. The summed E-state index contributed by atoms with van der Waals surface area (Å²) in [6.45, 7) is -1.10. The zero-order valence-corrected chi connectivity index (χ0v) is 8.06. The van der Waals surface area contributed by atoms with Crippen LogP contribution < -0.4 is 15.8 Å². The summed E-state index contributed by atoms with van der Waals surface area (Å²) in [5.74, 6) is 0.291. The minimum absolute atomic E-state index is 0.268. The fraction of sp³-hybridized carbons (Fsp3) is 0.333. The van der Waals surface area contributed by atoms with E-state index in [1.807, 2.05) is 0 Å². The molecule has 6 heteroatoms. The van der Waals surface area contributed by atoms with Crippen LogP contribution in [-0.2, 0) is 0 Å². The number of hydrogen-bond donors (Lipinski definition) is 2. The van der Waals surface area contributed by atoms with Gasteiger partial charge in [-0.3, -0.25) is 0 Å². The number of nitrogens with two attached hydrogens (primary N) is 1. The second kappa shape index (κ2) is 4.29. The number of anilines is 2. The largest absolute Gasteiger partial charge is 0.495 e. The van der Waals surface area contributed by atoms with Gasteiger partial charge in [-0.25, -0.2) is 0 Å². The molecule has 0 aliphatic carbocycles. The molecule has 0 amide bonds. The van der Waals surface area contributed by atoms with Gasteiger partial charge >= 0.3 is 6.18 Å². The van der Waals surface area contributed by atoms with Crippen LogP contribution in [-0.4, -0.2) is 19.8 Å². The first kappa shape index (κ1) is 11.5. The number of nitrogen functional groups attached to an aromatic ring is 1. The third-order valence-corrected chi connectivity index (χ3v) is 1.70. The van der Waals surface area contributed by atoms with Crippen molar-refractivity contribution in [1.29, 1.82) is 0 Å². The molecule has 0 saturated carbocycles. The number of hydrogen-bond acceptors (Lipinski definition) is 3. The summed E-state index contributed by atoms with van der Waals surface area (Å²) < 4.78 is 40.7. The van der Waals surface area contributed by atoms with E-state index < -0.39 is 12.7 Å². The maximum absolute atomic E-state index is 11.9. The number of methoxy groups -OCH3 is 1. The van der Waals surface area contributed by atoms with Crippen LogP contribution in [0.1, 0.15) is 0 Å². The predicted octanol–water partition coefficient (Wildman–Crippen LogP) is 2.25. The smallest absolute Gasteiger partial charge is 0.405 e. The van der Waals surface area contributed by atoms with Crippen molar-refractivity contribution in [3.05, 3.63) is 18.2 Å². The molecule has 84 valence electrons. The minimum Gasteiger partial charge on any atom is -0.495 e. The van der Waals surface area contributed by atoms with Crippen molar-refractivity contribution in [3.8, 4) is 5.75 Å². The van der Waals surface area contributed by atoms with Gasteiger partial charge in [0, 0.05) is 11.8 Å². The Labute approximate surface area is 85.0 Å². The molecule has 0 spiro atoms. The summed E-state index contributed by atoms with van der Waals surface area (Å²) in [5, 5.41) is 2.23. The van der Waals surface area contributed by atoms with Crippen molar-refractivity contribution in [2.45, 2.75) is 6.18 Å². The van der Waals surface area contributed by atoms with Crippen LogP contribution in [0.5, 0.6) is 5.75 Å². The highest BCUT2D eigenvalue weighted by Gasteiger charge is 2.27. The summed E-state index contributed by atoms with van der Waals surface area (Å²) in [6, 6.07) is 4.40. The topological polar surface area (TPSA) is 47.3 Å². The lowest BCUT2D eigenvalue weighted by Gasteiger charge is -2.13. The molecular weight excluding hydrogens is 209 g/mol. The van der Waals surface area contributed by atoms with E-state index >= 15 is 0 Å². The Morgan fingerprint density at radius 3 is 2.60 bits per heavy atom. The van der Waals surface area contributed by atoms with Gasteiger partial charge in [-0.2, -0.15) is 13.2 Å². The van der Waals surface area contributed by atoms with Crippen LogP contribution in [0.25, 0.3) is 0 Å². The van der Waals surface area contributed by atoms with Crippen LogP contribution in [0.2, 0.25) is 0 Å². The molecule has 0 saturated heterocycles. The molecule has 0 bridgehead atoms. The summed E-state index contributed by atoms with van der Waals surface area (Å²) in [4.78, 5) is 0. The molecule has 15 heavy (non-hydrogen) atoms. The van der Waals surface area contributed by atoms with Crippen molar-refractivity contribution >= 4 is 11.4 Å². The Kier molecular flexibility index (Phi) is 3.28. The Morgan fingerprint density at radius 1 is 1.40 bits per heavy atom. The average Bonchev–Trinajstić information content (AvgIpc) is 2.14. The number of nitrogens with one attached hydrogen (secondary N) is 1. The van der Waals surface area contributed by atoms with Gasteiger partial charge in [0.1, 0.15) is 12.3 Å². The molecule has 0 atom stereocenters. The van der Waals surface area contributed by atoms with E-state index in [1.54, 1.807) is 0 Å². The fourth-order valence-corrected chi connectivity index (χ4v) is 1.05. The molecule has 0 aliphatic heterocycles. The molecule has 1 aromatic carbocycles. The number of ether oxygens (including phenoxy) is 1. The number of halogens is 3.